The number of halogens is 5. The summed E-state index contributed by atoms with van der Waals surface area (Å²) in [5, 5.41) is 5.66. The molecule has 5 nitrogen and oxygen atoms in total. The number of carbonyl (C=O) groups is 2. The van der Waals surface area contributed by atoms with Gasteiger partial charge in [0.1, 0.15) is 11.6 Å². The van der Waals surface area contributed by atoms with Gasteiger partial charge in [-0.1, -0.05) is 23.7 Å². The first-order valence-corrected chi connectivity index (χ1v) is 10.8. The van der Waals surface area contributed by atoms with Crippen molar-refractivity contribution in [2.45, 2.75) is 37.5 Å². The predicted octanol–water partition coefficient (Wildman–Crippen LogP) is 4.48. The summed E-state index contributed by atoms with van der Waals surface area (Å²) >= 11 is 5.62. The second kappa shape index (κ2) is 8.85. The molecule has 5 rings (SSSR count). The van der Waals surface area contributed by atoms with Gasteiger partial charge in [0.05, 0.1) is 10.6 Å². The fourth-order valence-corrected chi connectivity index (χ4v) is 4.74. The topological polar surface area (TPSA) is 67.4 Å². The van der Waals surface area contributed by atoms with Crippen LogP contribution in [-0.4, -0.2) is 24.0 Å². The number of carbonyl (C=O) groups excluding carboxylic acids is 2. The highest BCUT2D eigenvalue weighted by atomic mass is 35.5. The molecule has 0 saturated heterocycles. The lowest BCUT2D eigenvalue weighted by molar-refractivity contribution is -0.137. The Morgan fingerprint density at radius 1 is 1.09 bits per heavy atom. The fraction of sp³-hybridized carbons (Fsp3) is 0.391. The molecule has 2 N–H and O–H groups in total. The van der Waals surface area contributed by atoms with Gasteiger partial charge >= 0.3 is 6.18 Å². The van der Waals surface area contributed by atoms with E-state index in [4.69, 9.17) is 16.3 Å². The molecule has 10 heteroatoms. The third kappa shape index (κ3) is 5.24. The van der Waals surface area contributed by atoms with Crippen molar-refractivity contribution in [3.63, 3.8) is 0 Å². The van der Waals surface area contributed by atoms with E-state index in [1.54, 1.807) is 0 Å². The Kier molecular flexibility index (Phi) is 6.26. The second-order valence-corrected chi connectivity index (χ2v) is 8.99. The second-order valence-electron chi connectivity index (χ2n) is 8.58. The van der Waals surface area contributed by atoms with Gasteiger partial charge in [0, 0.05) is 24.1 Å². The summed E-state index contributed by atoms with van der Waals surface area (Å²) < 4.78 is 56.7. The number of nitrogens with one attached hydrogen (secondary N) is 2. The third-order valence-electron chi connectivity index (χ3n) is 6.24. The molecule has 2 aromatic carbocycles. The Hall–Kier alpha value is -2.81. The summed E-state index contributed by atoms with van der Waals surface area (Å²) in [4.78, 5) is 24.9. The van der Waals surface area contributed by atoms with E-state index in [0.717, 1.165) is 18.2 Å². The molecule has 33 heavy (non-hydrogen) atoms. The first-order valence-electron chi connectivity index (χ1n) is 10.4. The van der Waals surface area contributed by atoms with Gasteiger partial charge in [0.2, 0.25) is 5.91 Å². The average molecular weight is 485 g/mol. The number of hydrogen-bond acceptors (Lipinski definition) is 3. The minimum Gasteiger partial charge on any atom is -0.484 e. The van der Waals surface area contributed by atoms with Crippen LogP contribution in [0, 0.1) is 17.7 Å². The van der Waals surface area contributed by atoms with E-state index in [0.29, 0.717) is 24.8 Å². The van der Waals surface area contributed by atoms with Crippen molar-refractivity contribution < 1.29 is 31.9 Å². The van der Waals surface area contributed by atoms with Crippen molar-refractivity contribution in [2.24, 2.45) is 11.8 Å². The fourth-order valence-electron chi connectivity index (χ4n) is 4.62. The summed E-state index contributed by atoms with van der Waals surface area (Å²) in [5.41, 5.74) is -0.634. The molecular formula is C23H21ClF4N2O3. The van der Waals surface area contributed by atoms with Gasteiger partial charge in [0.15, 0.2) is 6.61 Å². The van der Waals surface area contributed by atoms with Crippen LogP contribution in [0.25, 0.3) is 0 Å². The summed E-state index contributed by atoms with van der Waals surface area (Å²) in [7, 11) is 0. The minimum absolute atomic E-state index is 0.0419. The lowest BCUT2D eigenvalue weighted by Crippen LogP contribution is -2.53. The number of benzene rings is 2. The molecule has 0 spiro atoms. The predicted molar refractivity (Wildman–Crippen MR) is 112 cm³/mol. The van der Waals surface area contributed by atoms with Crippen LogP contribution in [-0.2, 0) is 22.3 Å². The molecule has 0 radical (unpaired) electrons. The van der Waals surface area contributed by atoms with E-state index in [9.17, 15) is 27.2 Å². The molecule has 0 heterocycles. The minimum atomic E-state index is -4.40. The Balaban J connectivity index is 1.24. The van der Waals surface area contributed by atoms with E-state index >= 15 is 0 Å². The molecule has 3 fully saturated rings. The monoisotopic (exact) mass is 484 g/mol. The van der Waals surface area contributed by atoms with Crippen molar-refractivity contribution in [3.05, 3.63) is 64.4 Å². The van der Waals surface area contributed by atoms with Crippen LogP contribution >= 0.6 is 11.6 Å². The lowest BCUT2D eigenvalue weighted by atomic mass is 9.76. The maximum Gasteiger partial charge on any atom is 0.416 e. The summed E-state index contributed by atoms with van der Waals surface area (Å²) in [6.45, 7) is -0.163. The van der Waals surface area contributed by atoms with Gasteiger partial charge in [-0.2, -0.15) is 13.2 Å². The zero-order valence-corrected chi connectivity index (χ0v) is 18.1. The molecule has 0 aromatic heterocycles. The largest absolute Gasteiger partial charge is 0.484 e. The van der Waals surface area contributed by atoms with E-state index < -0.39 is 23.1 Å². The molecule has 176 valence electrons. The van der Waals surface area contributed by atoms with Crippen LogP contribution in [0.3, 0.4) is 0 Å². The number of ether oxygens (including phenoxy) is 1. The van der Waals surface area contributed by atoms with Crippen LogP contribution in [0.2, 0.25) is 5.02 Å². The smallest absolute Gasteiger partial charge is 0.416 e. The normalized spacial score (nSPS) is 23.5. The first kappa shape index (κ1) is 23.4. The van der Waals surface area contributed by atoms with Crippen molar-refractivity contribution in [1.29, 1.82) is 0 Å². The first-order chi connectivity index (χ1) is 15.5. The summed E-state index contributed by atoms with van der Waals surface area (Å²) in [6, 6.07) is 8.54. The highest BCUT2D eigenvalue weighted by molar-refractivity contribution is 6.30. The molecule has 3 saturated carbocycles. The number of amides is 2. The Labute approximate surface area is 192 Å². The molecule has 0 unspecified atom stereocenters. The number of fused-ring (bicyclic) bond motifs is 1. The van der Waals surface area contributed by atoms with E-state index in [1.807, 2.05) is 0 Å². The summed E-state index contributed by atoms with van der Waals surface area (Å²) in [5.74, 6) is -1.13. The van der Waals surface area contributed by atoms with Gasteiger partial charge in [-0.3, -0.25) is 9.59 Å². The molecule has 2 aromatic rings. The van der Waals surface area contributed by atoms with Crippen LogP contribution in [0.15, 0.2) is 42.5 Å². The Morgan fingerprint density at radius 2 is 1.79 bits per heavy atom. The van der Waals surface area contributed by atoms with Crippen molar-refractivity contribution in [3.8, 4) is 5.75 Å². The lowest BCUT2D eigenvalue weighted by Gasteiger charge is -2.39. The van der Waals surface area contributed by atoms with E-state index in [-0.39, 0.29) is 47.6 Å². The Morgan fingerprint density at radius 3 is 2.42 bits per heavy atom. The average Bonchev–Trinajstić information content (AvgIpc) is 3.28. The number of hydrogen-bond donors (Lipinski definition) is 2. The highest BCUT2D eigenvalue weighted by Crippen LogP contribution is 2.55. The van der Waals surface area contributed by atoms with Crippen molar-refractivity contribution in [1.82, 2.24) is 10.6 Å². The number of rotatable bonds is 7. The van der Waals surface area contributed by atoms with Crippen molar-refractivity contribution >= 4 is 23.4 Å². The third-order valence-corrected chi connectivity index (χ3v) is 6.54. The van der Waals surface area contributed by atoms with E-state index in [2.05, 4.69) is 10.6 Å². The molecule has 3 aliphatic carbocycles. The molecule has 2 amide bonds. The molecule has 1 atom stereocenters. The van der Waals surface area contributed by atoms with Gasteiger partial charge in [0.25, 0.3) is 5.91 Å². The van der Waals surface area contributed by atoms with Crippen molar-refractivity contribution in [2.75, 3.05) is 6.61 Å². The van der Waals surface area contributed by atoms with Gasteiger partial charge in [-0.05, 0) is 55.0 Å². The molecule has 3 aliphatic rings. The molecule has 2 bridgehead atoms. The standard InChI is InChI=1S/C23H21ClF4N2O3/c24-18-6-5-16(7-19(18)25)33-12-20(31)30-22-8-14(9-22)17(10-22)21(32)29-11-13-1-3-15(4-2-13)23(26,27)28/h1-7,14,17H,8-12H2,(H,29,32)(H,30,31)/t14?,17-,22?/m0/s1. The number of alkyl halides is 3. The highest BCUT2D eigenvalue weighted by Gasteiger charge is 2.58. The van der Waals surface area contributed by atoms with Gasteiger partial charge in [-0.25, -0.2) is 4.39 Å². The quantitative estimate of drug-likeness (QED) is 0.570. The van der Waals surface area contributed by atoms with Crippen LogP contribution in [0.4, 0.5) is 17.6 Å². The maximum atomic E-state index is 13.5. The van der Waals surface area contributed by atoms with Crippen LogP contribution < -0.4 is 15.4 Å². The maximum absolute atomic E-state index is 13.5. The molecular weight excluding hydrogens is 464 g/mol. The SMILES string of the molecule is O=C(COc1ccc(Cl)c(F)c1)NC12CC(C1)[C@@H](C(=O)NCc1ccc(C(F)(F)F)cc1)C2. The van der Waals surface area contributed by atoms with Crippen LogP contribution in [0.5, 0.6) is 5.75 Å². The van der Waals surface area contributed by atoms with Gasteiger partial charge in [-0.15, -0.1) is 0 Å². The van der Waals surface area contributed by atoms with E-state index in [1.165, 1.54) is 24.3 Å². The Bertz CT molecular complexity index is 1050. The summed E-state index contributed by atoms with van der Waals surface area (Å²) in [6.07, 6.45) is -2.57. The molecule has 0 aliphatic heterocycles. The van der Waals surface area contributed by atoms with Gasteiger partial charge < -0.3 is 15.4 Å². The zero-order valence-electron chi connectivity index (χ0n) is 17.3. The zero-order chi connectivity index (χ0) is 23.8. The van der Waals surface area contributed by atoms with Crippen LogP contribution in [0.1, 0.15) is 30.4 Å².